The van der Waals surface area contributed by atoms with Gasteiger partial charge in [0.1, 0.15) is 14.2 Å². The van der Waals surface area contributed by atoms with Crippen molar-refractivity contribution in [3.05, 3.63) is 60.7 Å². The van der Waals surface area contributed by atoms with E-state index in [1.807, 2.05) is 0 Å². The quantitative estimate of drug-likeness (QED) is 0.363. The lowest BCUT2D eigenvalue weighted by Crippen LogP contribution is -2.47. The van der Waals surface area contributed by atoms with E-state index in [1.165, 1.54) is 10.4 Å². The van der Waals surface area contributed by atoms with E-state index in [0.29, 0.717) is 0 Å². The van der Waals surface area contributed by atoms with Gasteiger partial charge in [0.05, 0.1) is 0 Å². The summed E-state index contributed by atoms with van der Waals surface area (Å²) in [5, 5.41) is 3.54. The van der Waals surface area contributed by atoms with Crippen molar-refractivity contribution in [2.45, 2.75) is 38.6 Å². The Balaban J connectivity index is 2.29. The molecule has 2 aromatic rings. The molecule has 0 bridgehead atoms. The first-order chi connectivity index (χ1) is 12.0. The van der Waals surface area contributed by atoms with Gasteiger partial charge in [0, 0.05) is 5.33 Å². The molecule has 0 heterocycles. The van der Waals surface area contributed by atoms with Gasteiger partial charge in [-0.1, -0.05) is 102 Å². The molecule has 0 amide bonds. The van der Waals surface area contributed by atoms with Crippen LogP contribution in [0.15, 0.2) is 60.7 Å². The largest absolute Gasteiger partial charge is 0.393 e. The second-order valence-corrected chi connectivity index (χ2v) is 14.6. The van der Waals surface area contributed by atoms with Crippen LogP contribution in [-0.2, 0) is 4.43 Å². The standard InChI is InChI=1S/C21H26BrOSi2/c1-25(2,3)18-16-19(11-10-17-22)23-24(20-12-6-4-7-13-20)21-14-8-5-9-15-21/h4-9,12-15,19H,10-11,17H2,1-3H3. The number of alkyl halides is 1. The maximum atomic E-state index is 6.65. The van der Waals surface area contributed by atoms with Crippen LogP contribution in [0.2, 0.25) is 19.6 Å². The van der Waals surface area contributed by atoms with Crippen LogP contribution >= 0.6 is 15.9 Å². The topological polar surface area (TPSA) is 9.23 Å². The second kappa shape index (κ2) is 10.1. The minimum absolute atomic E-state index is 0.00132. The van der Waals surface area contributed by atoms with Gasteiger partial charge < -0.3 is 4.43 Å². The van der Waals surface area contributed by atoms with Crippen molar-refractivity contribution in [2.75, 3.05) is 5.33 Å². The van der Waals surface area contributed by atoms with E-state index >= 15 is 0 Å². The lowest BCUT2D eigenvalue weighted by atomic mass is 10.2. The summed E-state index contributed by atoms with van der Waals surface area (Å²) in [7, 11) is -2.71. The molecule has 0 aliphatic heterocycles. The smallest absolute Gasteiger partial charge is 0.284 e. The molecule has 1 nitrogen and oxygen atoms in total. The molecule has 0 aliphatic carbocycles. The minimum atomic E-state index is -1.41. The Kier molecular flexibility index (Phi) is 8.18. The highest BCUT2D eigenvalue weighted by Crippen LogP contribution is 2.08. The molecule has 1 atom stereocenters. The van der Waals surface area contributed by atoms with Crippen molar-refractivity contribution < 1.29 is 4.43 Å². The van der Waals surface area contributed by atoms with Crippen molar-refractivity contribution in [2.24, 2.45) is 0 Å². The van der Waals surface area contributed by atoms with Crippen LogP contribution in [-0.4, -0.2) is 28.5 Å². The Morgan fingerprint density at radius 3 is 1.92 bits per heavy atom. The molecular weight excluding hydrogens is 404 g/mol. The normalized spacial score (nSPS) is 12.5. The van der Waals surface area contributed by atoms with E-state index in [1.54, 1.807) is 0 Å². The fourth-order valence-corrected chi connectivity index (χ4v) is 5.32. The fraction of sp³-hybridized carbons (Fsp3) is 0.333. The number of hydrogen-bond acceptors (Lipinski definition) is 1. The predicted octanol–water partition coefficient (Wildman–Crippen LogP) is 4.23. The fourth-order valence-electron chi connectivity index (χ4n) is 2.34. The van der Waals surface area contributed by atoms with Crippen LogP contribution in [0, 0.1) is 11.5 Å². The molecule has 131 valence electrons. The summed E-state index contributed by atoms with van der Waals surface area (Å²) in [6.45, 7) is 6.84. The summed E-state index contributed by atoms with van der Waals surface area (Å²) in [6, 6.07) is 21.2. The molecule has 0 saturated heterocycles. The molecule has 0 aromatic heterocycles. The maximum Gasteiger partial charge on any atom is 0.284 e. The van der Waals surface area contributed by atoms with Gasteiger partial charge in [0.2, 0.25) is 0 Å². The van der Waals surface area contributed by atoms with Crippen molar-refractivity contribution in [1.82, 2.24) is 0 Å². The molecule has 0 spiro atoms. The zero-order valence-electron chi connectivity index (χ0n) is 15.3. The van der Waals surface area contributed by atoms with Crippen molar-refractivity contribution in [3.8, 4) is 11.5 Å². The first-order valence-corrected chi connectivity index (χ1v) is 14.8. The Morgan fingerprint density at radius 2 is 1.48 bits per heavy atom. The zero-order chi connectivity index (χ0) is 18.1. The summed E-state index contributed by atoms with van der Waals surface area (Å²) < 4.78 is 6.65. The number of rotatable bonds is 7. The van der Waals surface area contributed by atoms with E-state index in [4.69, 9.17) is 4.43 Å². The average molecular weight is 431 g/mol. The Bertz CT molecular complexity index is 647. The van der Waals surface area contributed by atoms with Gasteiger partial charge in [-0.05, 0) is 23.2 Å². The maximum absolute atomic E-state index is 6.65. The molecule has 0 aliphatic rings. The summed E-state index contributed by atoms with van der Waals surface area (Å²) in [5.74, 6) is 3.46. The molecule has 1 unspecified atom stereocenters. The van der Waals surface area contributed by atoms with Crippen LogP contribution in [0.4, 0.5) is 0 Å². The summed E-state index contributed by atoms with van der Waals surface area (Å²) in [5.41, 5.74) is 3.50. The SMILES string of the molecule is C[Si](C)(C)C#CC(CCCBr)O[Si](c1ccccc1)c1ccccc1. The van der Waals surface area contributed by atoms with Crippen molar-refractivity contribution in [3.63, 3.8) is 0 Å². The van der Waals surface area contributed by atoms with Gasteiger partial charge in [-0.2, -0.15) is 0 Å². The van der Waals surface area contributed by atoms with Crippen LogP contribution in [0.3, 0.4) is 0 Å². The molecule has 1 radical (unpaired) electrons. The van der Waals surface area contributed by atoms with Gasteiger partial charge in [-0.15, -0.1) is 5.54 Å². The number of halogens is 1. The monoisotopic (exact) mass is 429 g/mol. The van der Waals surface area contributed by atoms with E-state index in [2.05, 4.69) is 108 Å². The third-order valence-electron chi connectivity index (χ3n) is 3.54. The molecular formula is C21H26BrOSi2. The average Bonchev–Trinajstić information content (AvgIpc) is 2.62. The predicted molar refractivity (Wildman–Crippen MR) is 117 cm³/mol. The van der Waals surface area contributed by atoms with E-state index in [-0.39, 0.29) is 6.10 Å². The van der Waals surface area contributed by atoms with Gasteiger partial charge in [0.25, 0.3) is 9.04 Å². The molecule has 4 heteroatoms. The second-order valence-electron chi connectivity index (χ2n) is 7.02. The third-order valence-corrected chi connectivity index (χ3v) is 7.23. The lowest BCUT2D eigenvalue weighted by Gasteiger charge is -2.21. The lowest BCUT2D eigenvalue weighted by molar-refractivity contribution is 0.257. The van der Waals surface area contributed by atoms with Crippen LogP contribution in [0.25, 0.3) is 0 Å². The number of hydrogen-bond donors (Lipinski definition) is 0. The van der Waals surface area contributed by atoms with Crippen LogP contribution < -0.4 is 10.4 Å². The molecule has 2 aromatic carbocycles. The number of benzene rings is 2. The van der Waals surface area contributed by atoms with Crippen LogP contribution in [0.5, 0.6) is 0 Å². The Labute approximate surface area is 163 Å². The van der Waals surface area contributed by atoms with Crippen molar-refractivity contribution in [1.29, 1.82) is 0 Å². The van der Waals surface area contributed by atoms with E-state index < -0.39 is 17.1 Å². The highest BCUT2D eigenvalue weighted by Gasteiger charge is 2.23. The van der Waals surface area contributed by atoms with Gasteiger partial charge in [-0.3, -0.25) is 0 Å². The van der Waals surface area contributed by atoms with Gasteiger partial charge >= 0.3 is 0 Å². The van der Waals surface area contributed by atoms with Gasteiger partial charge in [-0.25, -0.2) is 0 Å². The van der Waals surface area contributed by atoms with Crippen LogP contribution in [0.1, 0.15) is 12.8 Å². The van der Waals surface area contributed by atoms with Gasteiger partial charge in [0.15, 0.2) is 0 Å². The van der Waals surface area contributed by atoms with Crippen molar-refractivity contribution >= 4 is 43.4 Å². The highest BCUT2D eigenvalue weighted by molar-refractivity contribution is 9.09. The highest BCUT2D eigenvalue weighted by atomic mass is 79.9. The van der Waals surface area contributed by atoms with E-state index in [0.717, 1.165) is 18.2 Å². The molecule has 0 N–H and O–H groups in total. The Hall–Kier alpha value is -1.13. The minimum Gasteiger partial charge on any atom is -0.393 e. The zero-order valence-corrected chi connectivity index (χ0v) is 18.8. The third kappa shape index (κ3) is 7.33. The van der Waals surface area contributed by atoms with E-state index in [9.17, 15) is 0 Å². The summed E-state index contributed by atoms with van der Waals surface area (Å²) >= 11 is 3.54. The first kappa shape index (κ1) is 20.2. The molecule has 25 heavy (non-hydrogen) atoms. The molecule has 0 fully saturated rings. The first-order valence-electron chi connectivity index (χ1n) is 8.73. The molecule has 2 rings (SSSR count). The summed E-state index contributed by atoms with van der Waals surface area (Å²) in [4.78, 5) is 0. The Morgan fingerprint density at radius 1 is 0.960 bits per heavy atom. The molecule has 0 saturated carbocycles. The summed E-state index contributed by atoms with van der Waals surface area (Å²) in [6.07, 6.45) is 2.04.